The van der Waals surface area contributed by atoms with Gasteiger partial charge in [0, 0.05) is 31.3 Å². The summed E-state index contributed by atoms with van der Waals surface area (Å²) in [4.78, 5) is 13.2. The van der Waals surface area contributed by atoms with Crippen molar-refractivity contribution in [2.24, 2.45) is 5.92 Å². The van der Waals surface area contributed by atoms with Crippen molar-refractivity contribution < 1.29 is 23.4 Å². The van der Waals surface area contributed by atoms with Crippen LogP contribution in [0.2, 0.25) is 0 Å². The summed E-state index contributed by atoms with van der Waals surface area (Å²) >= 11 is 0. The van der Waals surface area contributed by atoms with E-state index in [1.165, 1.54) is 0 Å². The molecule has 0 aliphatic carbocycles. The first-order valence-electron chi connectivity index (χ1n) is 8.17. The highest BCUT2D eigenvalue weighted by atomic mass is 19.1. The molecule has 1 atom stereocenters. The fraction of sp³-hybridized carbons (Fsp3) is 0.316. The van der Waals surface area contributed by atoms with Gasteiger partial charge in [0.05, 0.1) is 5.92 Å². The maximum Gasteiger partial charge on any atom is 0.307 e. The van der Waals surface area contributed by atoms with Gasteiger partial charge in [0.1, 0.15) is 23.1 Å². The molecule has 1 fully saturated rings. The topological polar surface area (TPSA) is 49.8 Å². The molecule has 2 aromatic rings. The largest absolute Gasteiger partial charge is 0.481 e. The van der Waals surface area contributed by atoms with Gasteiger partial charge in [-0.25, -0.2) is 8.78 Å². The van der Waals surface area contributed by atoms with E-state index in [0.29, 0.717) is 18.8 Å². The number of likely N-dealkylation sites (tertiary alicyclic amines) is 1. The Morgan fingerprint density at radius 1 is 1.12 bits per heavy atom. The standard InChI is InChI=1S/C19H19F2NO3/c20-15-8-16(21)10-18(9-15)25-17-5-3-13(4-6-17)11-22-7-1-2-14(12-22)19(23)24/h3-6,8-10,14H,1-2,7,11-12H2,(H,23,24). The zero-order valence-corrected chi connectivity index (χ0v) is 13.6. The first kappa shape index (κ1) is 17.4. The lowest BCUT2D eigenvalue weighted by Gasteiger charge is -2.30. The van der Waals surface area contributed by atoms with Crippen LogP contribution in [0.4, 0.5) is 8.78 Å². The van der Waals surface area contributed by atoms with E-state index >= 15 is 0 Å². The second kappa shape index (κ2) is 7.61. The first-order chi connectivity index (χ1) is 12.0. The fourth-order valence-electron chi connectivity index (χ4n) is 3.05. The number of carbonyl (C=O) groups is 1. The second-order valence-electron chi connectivity index (χ2n) is 6.26. The Labute approximate surface area is 144 Å². The molecule has 1 aliphatic rings. The van der Waals surface area contributed by atoms with Crippen LogP contribution in [-0.2, 0) is 11.3 Å². The minimum absolute atomic E-state index is 0.102. The summed E-state index contributed by atoms with van der Waals surface area (Å²) < 4.78 is 31.8. The van der Waals surface area contributed by atoms with Crippen LogP contribution >= 0.6 is 0 Å². The lowest BCUT2D eigenvalue weighted by Crippen LogP contribution is -2.38. The maximum atomic E-state index is 13.2. The number of ether oxygens (including phenoxy) is 1. The summed E-state index contributed by atoms with van der Waals surface area (Å²) in [6, 6.07) is 10.2. The Morgan fingerprint density at radius 3 is 2.44 bits per heavy atom. The van der Waals surface area contributed by atoms with Crippen molar-refractivity contribution in [3.8, 4) is 11.5 Å². The van der Waals surface area contributed by atoms with E-state index in [1.54, 1.807) is 12.1 Å². The molecule has 0 aromatic heterocycles. The van der Waals surface area contributed by atoms with Crippen LogP contribution in [0.1, 0.15) is 18.4 Å². The maximum absolute atomic E-state index is 13.2. The third-order valence-electron chi connectivity index (χ3n) is 4.26. The molecule has 0 amide bonds. The quantitative estimate of drug-likeness (QED) is 0.886. The van der Waals surface area contributed by atoms with Gasteiger partial charge in [-0.2, -0.15) is 0 Å². The molecular formula is C19H19F2NO3. The number of halogens is 2. The lowest BCUT2D eigenvalue weighted by molar-refractivity contribution is -0.143. The zero-order chi connectivity index (χ0) is 17.8. The van der Waals surface area contributed by atoms with Gasteiger partial charge in [-0.3, -0.25) is 9.69 Å². The Balaban J connectivity index is 1.61. The third kappa shape index (κ3) is 4.76. The number of carboxylic acid groups (broad SMARTS) is 1. The van der Waals surface area contributed by atoms with Crippen molar-refractivity contribution >= 4 is 5.97 Å². The molecule has 4 nitrogen and oxygen atoms in total. The predicted molar refractivity (Wildman–Crippen MR) is 88.5 cm³/mol. The average Bonchev–Trinajstić information content (AvgIpc) is 2.56. The molecule has 6 heteroatoms. The highest BCUT2D eigenvalue weighted by Crippen LogP contribution is 2.24. The van der Waals surface area contributed by atoms with Gasteiger partial charge in [0.2, 0.25) is 0 Å². The molecule has 2 aromatic carbocycles. The van der Waals surface area contributed by atoms with Crippen molar-refractivity contribution in [2.45, 2.75) is 19.4 Å². The smallest absolute Gasteiger partial charge is 0.307 e. The Kier molecular flexibility index (Phi) is 5.28. The monoisotopic (exact) mass is 347 g/mol. The van der Waals surface area contributed by atoms with Crippen LogP contribution < -0.4 is 4.74 Å². The molecule has 132 valence electrons. The molecule has 0 radical (unpaired) electrons. The van der Waals surface area contributed by atoms with E-state index in [2.05, 4.69) is 4.90 Å². The van der Waals surface area contributed by atoms with E-state index in [0.717, 1.165) is 43.1 Å². The van der Waals surface area contributed by atoms with Crippen LogP contribution in [0.3, 0.4) is 0 Å². The van der Waals surface area contributed by atoms with Crippen molar-refractivity contribution in [1.29, 1.82) is 0 Å². The van der Waals surface area contributed by atoms with Gasteiger partial charge in [0.25, 0.3) is 0 Å². The molecule has 1 heterocycles. The van der Waals surface area contributed by atoms with Crippen LogP contribution in [0.15, 0.2) is 42.5 Å². The lowest BCUT2D eigenvalue weighted by atomic mass is 9.98. The number of benzene rings is 2. The van der Waals surface area contributed by atoms with Gasteiger partial charge in [0.15, 0.2) is 0 Å². The number of piperidine rings is 1. The molecule has 1 aliphatic heterocycles. The van der Waals surface area contributed by atoms with E-state index in [-0.39, 0.29) is 11.7 Å². The number of nitrogens with zero attached hydrogens (tertiary/aromatic N) is 1. The SMILES string of the molecule is O=C(O)C1CCCN(Cc2ccc(Oc3cc(F)cc(F)c3)cc2)C1. The van der Waals surface area contributed by atoms with Gasteiger partial charge in [-0.05, 0) is 37.1 Å². The summed E-state index contributed by atoms with van der Waals surface area (Å²) in [7, 11) is 0. The number of rotatable bonds is 5. The van der Waals surface area contributed by atoms with Crippen molar-refractivity contribution in [3.63, 3.8) is 0 Å². The van der Waals surface area contributed by atoms with Crippen molar-refractivity contribution in [2.75, 3.05) is 13.1 Å². The Morgan fingerprint density at radius 2 is 1.80 bits per heavy atom. The van der Waals surface area contributed by atoms with Gasteiger partial charge >= 0.3 is 5.97 Å². The fourth-order valence-corrected chi connectivity index (χ4v) is 3.05. The van der Waals surface area contributed by atoms with Gasteiger partial charge in [-0.1, -0.05) is 12.1 Å². The molecule has 1 N–H and O–H groups in total. The van der Waals surface area contributed by atoms with Gasteiger partial charge in [-0.15, -0.1) is 0 Å². The summed E-state index contributed by atoms with van der Waals surface area (Å²) in [5, 5.41) is 9.14. The molecular weight excluding hydrogens is 328 g/mol. The molecule has 3 rings (SSSR count). The molecule has 25 heavy (non-hydrogen) atoms. The minimum Gasteiger partial charge on any atom is -0.481 e. The van der Waals surface area contributed by atoms with Crippen LogP contribution in [0.5, 0.6) is 11.5 Å². The highest BCUT2D eigenvalue weighted by molar-refractivity contribution is 5.70. The first-order valence-corrected chi connectivity index (χ1v) is 8.17. The summed E-state index contributed by atoms with van der Waals surface area (Å²) in [6.45, 7) is 2.10. The third-order valence-corrected chi connectivity index (χ3v) is 4.26. The number of hydrogen-bond donors (Lipinski definition) is 1. The summed E-state index contributed by atoms with van der Waals surface area (Å²) in [6.07, 6.45) is 1.60. The molecule has 0 saturated carbocycles. The van der Waals surface area contributed by atoms with Crippen LogP contribution in [0.25, 0.3) is 0 Å². The van der Waals surface area contributed by atoms with Crippen molar-refractivity contribution in [1.82, 2.24) is 4.90 Å². The normalized spacial score (nSPS) is 18.1. The van der Waals surface area contributed by atoms with Crippen molar-refractivity contribution in [3.05, 3.63) is 59.7 Å². The van der Waals surface area contributed by atoms with E-state index in [1.807, 2.05) is 12.1 Å². The Hall–Kier alpha value is -2.47. The number of carboxylic acids is 1. The summed E-state index contributed by atoms with van der Waals surface area (Å²) in [5.41, 5.74) is 1.03. The minimum atomic E-state index is -0.740. The van der Waals surface area contributed by atoms with E-state index in [9.17, 15) is 13.6 Å². The summed E-state index contributed by atoms with van der Waals surface area (Å²) in [5.74, 6) is -1.84. The van der Waals surface area contributed by atoms with Gasteiger partial charge < -0.3 is 9.84 Å². The van der Waals surface area contributed by atoms with Crippen LogP contribution in [-0.4, -0.2) is 29.1 Å². The highest BCUT2D eigenvalue weighted by Gasteiger charge is 2.25. The second-order valence-corrected chi connectivity index (χ2v) is 6.26. The van der Waals surface area contributed by atoms with Crippen LogP contribution in [0, 0.1) is 17.6 Å². The molecule has 1 saturated heterocycles. The number of aliphatic carboxylic acids is 1. The molecule has 1 unspecified atom stereocenters. The zero-order valence-electron chi connectivity index (χ0n) is 13.6. The predicted octanol–water partition coefficient (Wildman–Crippen LogP) is 4.05. The Bertz CT molecular complexity index is 729. The average molecular weight is 347 g/mol. The molecule has 0 spiro atoms. The number of hydrogen-bond acceptors (Lipinski definition) is 3. The van der Waals surface area contributed by atoms with E-state index < -0.39 is 17.6 Å². The molecule has 0 bridgehead atoms. The van der Waals surface area contributed by atoms with E-state index in [4.69, 9.17) is 9.84 Å².